The number of nitro benzene ring substituents is 1. The second-order valence-corrected chi connectivity index (χ2v) is 7.49. The SMILES string of the molecule is CC.CCCN1CCN(C(=O)c2ccc([N+](=O)[O-])cc2N2CCCCCC2)CC1. The molecule has 0 atom stereocenters. The summed E-state index contributed by atoms with van der Waals surface area (Å²) < 4.78 is 0. The van der Waals surface area contributed by atoms with Gasteiger partial charge in [0.2, 0.25) is 0 Å². The second kappa shape index (κ2) is 11.8. The minimum absolute atomic E-state index is 0.000272. The van der Waals surface area contributed by atoms with Crippen molar-refractivity contribution in [3.05, 3.63) is 33.9 Å². The lowest BCUT2D eigenvalue weighted by Crippen LogP contribution is -2.49. The molecule has 0 spiro atoms. The molecule has 0 bridgehead atoms. The molecule has 7 nitrogen and oxygen atoms in total. The maximum absolute atomic E-state index is 13.2. The number of hydrogen-bond acceptors (Lipinski definition) is 5. The first-order valence-corrected chi connectivity index (χ1v) is 11.1. The third kappa shape index (κ3) is 6.16. The van der Waals surface area contributed by atoms with Crippen LogP contribution in [0.3, 0.4) is 0 Å². The Bertz CT molecular complexity index is 664. The molecule has 7 heteroatoms. The Kier molecular flexibility index (Phi) is 9.38. The molecule has 0 unspecified atom stereocenters. The van der Waals surface area contributed by atoms with Crippen LogP contribution in [-0.2, 0) is 0 Å². The van der Waals surface area contributed by atoms with Crippen LogP contribution in [0.15, 0.2) is 18.2 Å². The van der Waals surface area contributed by atoms with Gasteiger partial charge >= 0.3 is 0 Å². The van der Waals surface area contributed by atoms with Gasteiger partial charge in [0.15, 0.2) is 0 Å². The van der Waals surface area contributed by atoms with Crippen LogP contribution < -0.4 is 4.90 Å². The molecule has 0 aromatic heterocycles. The van der Waals surface area contributed by atoms with E-state index < -0.39 is 0 Å². The van der Waals surface area contributed by atoms with E-state index >= 15 is 0 Å². The fourth-order valence-electron chi connectivity index (χ4n) is 4.05. The first-order chi connectivity index (χ1) is 14.1. The zero-order chi connectivity index (χ0) is 21.2. The average molecular weight is 405 g/mol. The second-order valence-electron chi connectivity index (χ2n) is 7.49. The molecule has 29 heavy (non-hydrogen) atoms. The molecule has 162 valence electrons. The number of anilines is 1. The first-order valence-electron chi connectivity index (χ1n) is 11.1. The van der Waals surface area contributed by atoms with Crippen LogP contribution in [0, 0.1) is 10.1 Å². The van der Waals surface area contributed by atoms with E-state index in [2.05, 4.69) is 16.7 Å². The summed E-state index contributed by atoms with van der Waals surface area (Å²) in [4.78, 5) is 30.5. The molecule has 2 aliphatic heterocycles. The summed E-state index contributed by atoms with van der Waals surface area (Å²) in [7, 11) is 0. The largest absolute Gasteiger partial charge is 0.371 e. The number of carbonyl (C=O) groups excluding carboxylic acids is 1. The summed E-state index contributed by atoms with van der Waals surface area (Å²) in [6.07, 6.45) is 5.59. The fraction of sp³-hybridized carbons (Fsp3) is 0.682. The normalized spacial score (nSPS) is 17.9. The van der Waals surface area contributed by atoms with E-state index in [1.165, 1.54) is 18.9 Å². The Hall–Kier alpha value is -2.15. The van der Waals surface area contributed by atoms with E-state index in [0.29, 0.717) is 5.56 Å². The molecular formula is C22H36N4O3. The Labute approximate surface area is 174 Å². The van der Waals surface area contributed by atoms with Gasteiger partial charge in [0.25, 0.3) is 11.6 Å². The number of hydrogen-bond donors (Lipinski definition) is 0. The minimum Gasteiger partial charge on any atom is -0.371 e. The van der Waals surface area contributed by atoms with Gasteiger partial charge in [-0.15, -0.1) is 0 Å². The predicted molar refractivity (Wildman–Crippen MR) is 118 cm³/mol. The van der Waals surface area contributed by atoms with Crippen molar-refractivity contribution in [2.45, 2.75) is 52.9 Å². The summed E-state index contributed by atoms with van der Waals surface area (Å²) >= 11 is 0. The zero-order valence-corrected chi connectivity index (χ0v) is 18.2. The monoisotopic (exact) mass is 404 g/mol. The third-order valence-electron chi connectivity index (χ3n) is 5.57. The Morgan fingerprint density at radius 3 is 2.17 bits per heavy atom. The number of carbonyl (C=O) groups is 1. The molecule has 0 N–H and O–H groups in total. The maximum Gasteiger partial charge on any atom is 0.271 e. The number of piperazine rings is 1. The van der Waals surface area contributed by atoms with Crippen molar-refractivity contribution >= 4 is 17.3 Å². The molecule has 1 amide bonds. The van der Waals surface area contributed by atoms with Crippen molar-refractivity contribution in [2.75, 3.05) is 50.7 Å². The van der Waals surface area contributed by atoms with Gasteiger partial charge in [-0.3, -0.25) is 19.8 Å². The topological polar surface area (TPSA) is 69.9 Å². The molecule has 1 aromatic rings. The Morgan fingerprint density at radius 2 is 1.62 bits per heavy atom. The Morgan fingerprint density at radius 1 is 1.00 bits per heavy atom. The van der Waals surface area contributed by atoms with Crippen molar-refractivity contribution < 1.29 is 9.72 Å². The number of nitrogens with zero attached hydrogens (tertiary/aromatic N) is 4. The van der Waals surface area contributed by atoms with Crippen LogP contribution in [0.2, 0.25) is 0 Å². The molecule has 2 aliphatic rings. The number of amides is 1. The highest BCUT2D eigenvalue weighted by atomic mass is 16.6. The van der Waals surface area contributed by atoms with E-state index in [4.69, 9.17) is 0 Å². The van der Waals surface area contributed by atoms with E-state index in [1.54, 1.807) is 12.1 Å². The fourth-order valence-corrected chi connectivity index (χ4v) is 4.05. The van der Waals surface area contributed by atoms with Gasteiger partial charge in [-0.2, -0.15) is 0 Å². The van der Waals surface area contributed by atoms with Crippen LogP contribution in [0.25, 0.3) is 0 Å². The van der Waals surface area contributed by atoms with Gasteiger partial charge in [-0.1, -0.05) is 33.6 Å². The molecule has 2 fully saturated rings. The molecule has 2 heterocycles. The summed E-state index contributed by atoms with van der Waals surface area (Å²) in [6, 6.07) is 4.70. The highest BCUT2D eigenvalue weighted by Gasteiger charge is 2.27. The van der Waals surface area contributed by atoms with Crippen LogP contribution >= 0.6 is 0 Å². The van der Waals surface area contributed by atoms with Crippen molar-refractivity contribution in [3.8, 4) is 0 Å². The van der Waals surface area contributed by atoms with Gasteiger partial charge in [0.1, 0.15) is 0 Å². The standard InChI is InChI=1S/C20H30N4O3.C2H6/c1-2-9-21-12-14-23(15-13-21)20(25)18-8-7-17(24(26)27)16-19(18)22-10-5-3-4-6-11-22;1-2/h7-8,16H,2-6,9-15H2,1H3;1-2H3. The lowest BCUT2D eigenvalue weighted by atomic mass is 10.1. The molecule has 0 aliphatic carbocycles. The summed E-state index contributed by atoms with van der Waals surface area (Å²) in [6.45, 7) is 12.2. The number of nitro groups is 1. The van der Waals surface area contributed by atoms with Gasteiger partial charge in [0, 0.05) is 51.4 Å². The van der Waals surface area contributed by atoms with E-state index in [9.17, 15) is 14.9 Å². The predicted octanol–water partition coefficient (Wildman–Crippen LogP) is 4.17. The summed E-state index contributed by atoms with van der Waals surface area (Å²) in [5.41, 5.74) is 1.39. The van der Waals surface area contributed by atoms with Crippen LogP contribution in [-0.4, -0.2) is 66.4 Å². The quantitative estimate of drug-likeness (QED) is 0.544. The highest BCUT2D eigenvalue weighted by molar-refractivity contribution is 6.00. The maximum atomic E-state index is 13.2. The van der Waals surface area contributed by atoms with Crippen molar-refractivity contribution in [2.24, 2.45) is 0 Å². The van der Waals surface area contributed by atoms with Crippen molar-refractivity contribution in [1.29, 1.82) is 0 Å². The molecule has 2 saturated heterocycles. The third-order valence-corrected chi connectivity index (χ3v) is 5.57. The van der Waals surface area contributed by atoms with Gasteiger partial charge in [-0.25, -0.2) is 0 Å². The Balaban J connectivity index is 0.00000145. The smallest absolute Gasteiger partial charge is 0.271 e. The molecule has 0 saturated carbocycles. The highest BCUT2D eigenvalue weighted by Crippen LogP contribution is 2.29. The van der Waals surface area contributed by atoms with Crippen LogP contribution in [0.1, 0.15) is 63.2 Å². The average Bonchev–Trinajstić information content (AvgIpc) is 3.04. The summed E-state index contributed by atoms with van der Waals surface area (Å²) in [5, 5.41) is 11.3. The minimum atomic E-state index is -0.376. The molecule has 0 radical (unpaired) electrons. The molecular weight excluding hydrogens is 368 g/mol. The van der Waals surface area contributed by atoms with Gasteiger partial charge in [-0.05, 0) is 31.9 Å². The molecule has 1 aromatic carbocycles. The van der Waals surface area contributed by atoms with E-state index in [1.807, 2.05) is 18.7 Å². The lowest BCUT2D eigenvalue weighted by molar-refractivity contribution is -0.384. The van der Waals surface area contributed by atoms with Crippen LogP contribution in [0.4, 0.5) is 11.4 Å². The van der Waals surface area contributed by atoms with Crippen molar-refractivity contribution in [1.82, 2.24) is 9.80 Å². The molecule has 3 rings (SSSR count). The first kappa shape index (κ1) is 23.1. The van der Waals surface area contributed by atoms with E-state index in [0.717, 1.165) is 70.8 Å². The lowest BCUT2D eigenvalue weighted by Gasteiger charge is -2.35. The number of rotatable bonds is 5. The van der Waals surface area contributed by atoms with Gasteiger partial charge < -0.3 is 9.80 Å². The van der Waals surface area contributed by atoms with E-state index in [-0.39, 0.29) is 16.5 Å². The van der Waals surface area contributed by atoms with Crippen molar-refractivity contribution in [3.63, 3.8) is 0 Å². The summed E-state index contributed by atoms with van der Waals surface area (Å²) in [5.74, 6) is 0.000272. The number of non-ortho nitro benzene ring substituents is 1. The number of benzene rings is 1. The van der Waals surface area contributed by atoms with Crippen LogP contribution in [0.5, 0.6) is 0 Å². The zero-order valence-electron chi connectivity index (χ0n) is 18.2. The van der Waals surface area contributed by atoms with Gasteiger partial charge in [0.05, 0.1) is 16.2 Å².